The largest absolute Gasteiger partial charge is 0.489 e. The quantitative estimate of drug-likeness (QED) is 0.807. The van der Waals surface area contributed by atoms with Crippen LogP contribution >= 0.6 is 0 Å². The summed E-state index contributed by atoms with van der Waals surface area (Å²) in [6, 6.07) is 19.2. The lowest BCUT2D eigenvalue weighted by molar-refractivity contribution is 0.198. The van der Waals surface area contributed by atoms with Crippen LogP contribution in [0.15, 0.2) is 54.6 Å². The second-order valence-corrected chi connectivity index (χ2v) is 6.48. The summed E-state index contributed by atoms with van der Waals surface area (Å²) in [6.45, 7) is 7.59. The van der Waals surface area contributed by atoms with Gasteiger partial charge in [-0.15, -0.1) is 0 Å². The van der Waals surface area contributed by atoms with E-state index in [1.807, 2.05) is 0 Å². The number of benzene rings is 2. The molecule has 22 heavy (non-hydrogen) atoms. The Bertz CT molecular complexity index is 594. The van der Waals surface area contributed by atoms with Crippen LogP contribution in [0.1, 0.15) is 37.3 Å². The Morgan fingerprint density at radius 1 is 1.09 bits per heavy atom. The van der Waals surface area contributed by atoms with Crippen LogP contribution in [0, 0.1) is 0 Å². The van der Waals surface area contributed by atoms with Crippen molar-refractivity contribution in [3.63, 3.8) is 0 Å². The highest BCUT2D eigenvalue weighted by Crippen LogP contribution is 2.23. The van der Waals surface area contributed by atoms with Gasteiger partial charge in [0.25, 0.3) is 0 Å². The average Bonchev–Trinajstić information content (AvgIpc) is 2.95. The minimum atomic E-state index is 0.311. The zero-order valence-corrected chi connectivity index (χ0v) is 13.5. The molecule has 116 valence electrons. The first-order valence-electron chi connectivity index (χ1n) is 8.23. The van der Waals surface area contributed by atoms with E-state index in [1.54, 1.807) is 0 Å². The molecule has 0 N–H and O–H groups in total. The van der Waals surface area contributed by atoms with Gasteiger partial charge >= 0.3 is 0 Å². The molecule has 1 aliphatic heterocycles. The van der Waals surface area contributed by atoms with Crippen molar-refractivity contribution in [2.75, 3.05) is 13.1 Å². The van der Waals surface area contributed by atoms with Crippen molar-refractivity contribution in [2.45, 2.75) is 38.8 Å². The molecule has 0 saturated carbocycles. The maximum atomic E-state index is 6.19. The monoisotopic (exact) mass is 295 g/mol. The van der Waals surface area contributed by atoms with Gasteiger partial charge in [-0.2, -0.15) is 0 Å². The van der Waals surface area contributed by atoms with E-state index in [0.29, 0.717) is 12.0 Å². The van der Waals surface area contributed by atoms with Crippen LogP contribution in [0.3, 0.4) is 0 Å². The molecule has 0 spiro atoms. The summed E-state index contributed by atoms with van der Waals surface area (Å²) in [4.78, 5) is 2.48. The van der Waals surface area contributed by atoms with Crippen molar-refractivity contribution < 1.29 is 4.74 Å². The van der Waals surface area contributed by atoms with Gasteiger partial charge in [0.05, 0.1) is 0 Å². The number of likely N-dealkylation sites (tertiary alicyclic amines) is 1. The van der Waals surface area contributed by atoms with Gasteiger partial charge in [-0.25, -0.2) is 0 Å². The van der Waals surface area contributed by atoms with Gasteiger partial charge in [-0.05, 0) is 35.6 Å². The SMILES string of the molecule is CC(C)c1cccc(O[C@@H]2CCN(Cc3ccccc3)C2)c1. The Morgan fingerprint density at radius 2 is 1.91 bits per heavy atom. The van der Waals surface area contributed by atoms with Gasteiger partial charge in [0.2, 0.25) is 0 Å². The molecular weight excluding hydrogens is 270 g/mol. The molecule has 1 saturated heterocycles. The molecule has 1 aliphatic rings. The molecule has 0 aromatic heterocycles. The van der Waals surface area contributed by atoms with Crippen molar-refractivity contribution in [3.05, 3.63) is 65.7 Å². The van der Waals surface area contributed by atoms with Gasteiger partial charge in [-0.1, -0.05) is 56.3 Å². The maximum absolute atomic E-state index is 6.19. The predicted octanol–water partition coefficient (Wildman–Crippen LogP) is 4.46. The molecule has 2 aromatic carbocycles. The van der Waals surface area contributed by atoms with Crippen LogP contribution in [-0.4, -0.2) is 24.1 Å². The van der Waals surface area contributed by atoms with E-state index >= 15 is 0 Å². The standard InChI is InChI=1S/C20H25NO/c1-16(2)18-9-6-10-19(13-18)22-20-11-12-21(15-20)14-17-7-4-3-5-8-17/h3-10,13,16,20H,11-12,14-15H2,1-2H3/t20-/m1/s1. The van der Waals surface area contributed by atoms with Gasteiger partial charge in [0.15, 0.2) is 0 Å². The van der Waals surface area contributed by atoms with Crippen molar-refractivity contribution in [1.82, 2.24) is 4.90 Å². The minimum absolute atomic E-state index is 0.311. The third kappa shape index (κ3) is 3.89. The van der Waals surface area contributed by atoms with Gasteiger partial charge in [0.1, 0.15) is 11.9 Å². The lowest BCUT2D eigenvalue weighted by Crippen LogP contribution is -2.24. The van der Waals surface area contributed by atoms with Crippen LogP contribution in [0.4, 0.5) is 0 Å². The summed E-state index contributed by atoms with van der Waals surface area (Å²) in [6.07, 6.45) is 1.42. The Balaban J connectivity index is 1.56. The van der Waals surface area contributed by atoms with E-state index in [4.69, 9.17) is 4.74 Å². The molecule has 1 heterocycles. The Kier molecular flexibility index (Phi) is 4.79. The highest BCUT2D eigenvalue weighted by molar-refractivity contribution is 5.30. The van der Waals surface area contributed by atoms with Crippen molar-refractivity contribution in [3.8, 4) is 5.75 Å². The molecule has 2 aromatic rings. The number of rotatable bonds is 5. The van der Waals surface area contributed by atoms with Crippen molar-refractivity contribution in [2.24, 2.45) is 0 Å². The number of hydrogen-bond donors (Lipinski definition) is 0. The fourth-order valence-corrected chi connectivity index (χ4v) is 3.02. The molecule has 2 nitrogen and oxygen atoms in total. The van der Waals surface area contributed by atoms with Crippen LogP contribution in [0.5, 0.6) is 5.75 Å². The first-order valence-corrected chi connectivity index (χ1v) is 8.23. The smallest absolute Gasteiger partial charge is 0.120 e. The molecule has 1 fully saturated rings. The summed E-state index contributed by atoms with van der Waals surface area (Å²) < 4.78 is 6.19. The van der Waals surface area contributed by atoms with Crippen molar-refractivity contribution in [1.29, 1.82) is 0 Å². The van der Waals surface area contributed by atoms with Crippen LogP contribution in [0.25, 0.3) is 0 Å². The molecule has 0 amide bonds. The summed E-state index contributed by atoms with van der Waals surface area (Å²) in [5.41, 5.74) is 2.72. The van der Waals surface area contributed by atoms with E-state index in [1.165, 1.54) is 11.1 Å². The van der Waals surface area contributed by atoms with E-state index < -0.39 is 0 Å². The van der Waals surface area contributed by atoms with Gasteiger partial charge in [0, 0.05) is 19.6 Å². The topological polar surface area (TPSA) is 12.5 Å². The van der Waals surface area contributed by atoms with Crippen LogP contribution in [-0.2, 0) is 6.54 Å². The lowest BCUT2D eigenvalue weighted by atomic mass is 10.0. The van der Waals surface area contributed by atoms with Crippen LogP contribution < -0.4 is 4.74 Å². The van der Waals surface area contributed by atoms with Crippen molar-refractivity contribution >= 4 is 0 Å². The molecule has 1 atom stereocenters. The Morgan fingerprint density at radius 3 is 2.68 bits per heavy atom. The van der Waals surface area contributed by atoms with Gasteiger partial charge in [-0.3, -0.25) is 4.90 Å². The highest BCUT2D eigenvalue weighted by Gasteiger charge is 2.24. The zero-order chi connectivity index (χ0) is 15.4. The molecule has 0 bridgehead atoms. The van der Waals surface area contributed by atoms with E-state index in [9.17, 15) is 0 Å². The summed E-state index contributed by atoms with van der Waals surface area (Å²) in [5.74, 6) is 1.56. The first-order chi connectivity index (χ1) is 10.7. The summed E-state index contributed by atoms with van der Waals surface area (Å²) >= 11 is 0. The fourth-order valence-electron chi connectivity index (χ4n) is 3.02. The van der Waals surface area contributed by atoms with E-state index in [2.05, 4.69) is 73.3 Å². The van der Waals surface area contributed by atoms with E-state index in [-0.39, 0.29) is 0 Å². The second-order valence-electron chi connectivity index (χ2n) is 6.48. The summed E-state index contributed by atoms with van der Waals surface area (Å²) in [7, 11) is 0. The third-order valence-electron chi connectivity index (χ3n) is 4.31. The Hall–Kier alpha value is -1.80. The number of hydrogen-bond acceptors (Lipinski definition) is 2. The molecule has 2 heteroatoms. The minimum Gasteiger partial charge on any atom is -0.489 e. The maximum Gasteiger partial charge on any atom is 0.120 e. The van der Waals surface area contributed by atoms with Gasteiger partial charge < -0.3 is 4.74 Å². The summed E-state index contributed by atoms with van der Waals surface area (Å²) in [5, 5.41) is 0. The zero-order valence-electron chi connectivity index (χ0n) is 13.5. The second kappa shape index (κ2) is 6.97. The normalized spacial score (nSPS) is 18.8. The predicted molar refractivity (Wildman–Crippen MR) is 91.3 cm³/mol. The third-order valence-corrected chi connectivity index (χ3v) is 4.31. The molecule has 0 radical (unpaired) electrons. The van der Waals surface area contributed by atoms with Crippen LogP contribution in [0.2, 0.25) is 0 Å². The molecule has 0 aliphatic carbocycles. The lowest BCUT2D eigenvalue weighted by Gasteiger charge is -2.17. The number of ether oxygens (including phenoxy) is 1. The average molecular weight is 295 g/mol. The Labute approximate surface area is 133 Å². The molecule has 0 unspecified atom stereocenters. The number of nitrogens with zero attached hydrogens (tertiary/aromatic N) is 1. The molecule has 3 rings (SSSR count). The molecular formula is C20H25NO. The fraction of sp³-hybridized carbons (Fsp3) is 0.400. The van der Waals surface area contributed by atoms with E-state index in [0.717, 1.165) is 31.8 Å². The first kappa shape index (κ1) is 15.1. The highest BCUT2D eigenvalue weighted by atomic mass is 16.5.